The van der Waals surface area contributed by atoms with Crippen LogP contribution in [-0.2, 0) is 14.4 Å². The van der Waals surface area contributed by atoms with Gasteiger partial charge >= 0.3 is 0 Å². The van der Waals surface area contributed by atoms with Crippen molar-refractivity contribution in [3.05, 3.63) is 83.6 Å². The Bertz CT molecular complexity index is 2680. The van der Waals surface area contributed by atoms with Gasteiger partial charge in [-0.2, -0.15) is 10.2 Å². The summed E-state index contributed by atoms with van der Waals surface area (Å²) in [4.78, 5) is 50.6. The lowest BCUT2D eigenvalue weighted by Crippen LogP contribution is -2.48. The van der Waals surface area contributed by atoms with Gasteiger partial charge in [0.2, 0.25) is 17.7 Å². The minimum Gasteiger partial charge on any atom is -0.488 e. The smallest absolute Gasteiger partial charge is 0.220 e. The van der Waals surface area contributed by atoms with Gasteiger partial charge in [0.25, 0.3) is 0 Å². The summed E-state index contributed by atoms with van der Waals surface area (Å²) in [6, 6.07) is 12.0. The highest BCUT2D eigenvalue weighted by Gasteiger charge is 2.30. The largest absolute Gasteiger partial charge is 0.488 e. The highest BCUT2D eigenvalue weighted by Crippen LogP contribution is 2.36. The quantitative estimate of drug-likeness (QED) is 0.168. The van der Waals surface area contributed by atoms with Crippen molar-refractivity contribution in [1.82, 2.24) is 50.0 Å². The number of ether oxygens (including phenoxy) is 2. The summed E-state index contributed by atoms with van der Waals surface area (Å²) in [5, 5.41) is 18.9. The van der Waals surface area contributed by atoms with E-state index in [2.05, 4.69) is 42.0 Å². The van der Waals surface area contributed by atoms with Gasteiger partial charge in [0.05, 0.1) is 57.6 Å². The molecule has 4 aliphatic heterocycles. The van der Waals surface area contributed by atoms with E-state index in [1.165, 1.54) is 0 Å². The van der Waals surface area contributed by atoms with Crippen LogP contribution in [0.15, 0.2) is 73.6 Å². The summed E-state index contributed by atoms with van der Waals surface area (Å²) in [5.41, 5.74) is 6.92. The van der Waals surface area contributed by atoms with E-state index < -0.39 is 0 Å². The third-order valence-corrected chi connectivity index (χ3v) is 13.2. The molecule has 4 atom stereocenters. The molecule has 0 radical (unpaired) electrons. The minimum atomic E-state index is -0.173. The second-order valence-corrected chi connectivity index (χ2v) is 17.8. The maximum absolute atomic E-state index is 11.6. The number of nitrogens with one attached hydrogen (secondary N) is 3. The van der Waals surface area contributed by atoms with Gasteiger partial charge in [-0.25, -0.2) is 9.03 Å². The molecule has 0 spiro atoms. The molecule has 0 aliphatic carbocycles. The van der Waals surface area contributed by atoms with E-state index in [9.17, 15) is 14.4 Å². The van der Waals surface area contributed by atoms with Crippen LogP contribution >= 0.6 is 23.2 Å². The molecule has 3 N–H and O–H groups in total. The number of rotatable bonds is 10. The zero-order chi connectivity index (χ0) is 45.2. The summed E-state index contributed by atoms with van der Waals surface area (Å²) < 4.78 is 16.0. The molecule has 10 rings (SSSR count). The van der Waals surface area contributed by atoms with E-state index in [0.717, 1.165) is 86.2 Å². The minimum absolute atomic E-state index is 0.0497. The number of amides is 3. The molecule has 0 unspecified atom stereocenters. The number of pyridine rings is 4. The van der Waals surface area contributed by atoms with Crippen LogP contribution in [0.25, 0.3) is 33.5 Å². The average Bonchev–Trinajstić information content (AvgIpc) is 4.14. The molecule has 6 aromatic heterocycles. The molecular formula is C46H52Cl2N12O5. The van der Waals surface area contributed by atoms with Gasteiger partial charge in [0.15, 0.2) is 0 Å². The molecule has 4 saturated heterocycles. The Balaban J connectivity index is 0.000000165. The van der Waals surface area contributed by atoms with Crippen molar-refractivity contribution in [3.8, 4) is 34.0 Å². The Labute approximate surface area is 386 Å². The van der Waals surface area contributed by atoms with Crippen LogP contribution in [-0.4, -0.2) is 129 Å². The monoisotopic (exact) mass is 922 g/mol. The van der Waals surface area contributed by atoms with Crippen molar-refractivity contribution in [2.45, 2.75) is 45.8 Å². The topological polar surface area (TPSA) is 176 Å². The lowest BCUT2D eigenvalue weighted by Gasteiger charge is -2.35. The fourth-order valence-electron chi connectivity index (χ4n) is 8.76. The van der Waals surface area contributed by atoms with E-state index in [-0.39, 0.29) is 41.8 Å². The molecule has 65 heavy (non-hydrogen) atoms. The first-order valence-corrected chi connectivity index (χ1v) is 22.8. The fourth-order valence-corrected chi connectivity index (χ4v) is 9.21. The number of fused-ring (bicyclic) bond motifs is 2. The van der Waals surface area contributed by atoms with Crippen LogP contribution in [0.2, 0.25) is 10.0 Å². The number of hydrogen-bond acceptors (Lipinski definition) is 12. The van der Waals surface area contributed by atoms with Crippen LogP contribution in [0.4, 0.5) is 11.4 Å². The number of nitrogens with zero attached hydrogens (tertiary/aromatic N) is 9. The van der Waals surface area contributed by atoms with Crippen molar-refractivity contribution in [1.29, 1.82) is 0 Å². The van der Waals surface area contributed by atoms with Gasteiger partial charge in [-0.05, 0) is 50.2 Å². The summed E-state index contributed by atoms with van der Waals surface area (Å²) in [5.74, 6) is 1.70. The number of piperazine rings is 2. The number of hydrogen-bond donors (Lipinski definition) is 3. The second-order valence-electron chi connectivity index (χ2n) is 17.0. The number of halogens is 2. The van der Waals surface area contributed by atoms with Gasteiger partial charge in [0, 0.05) is 121 Å². The normalized spacial score (nSPS) is 19.7. The van der Waals surface area contributed by atoms with E-state index in [1.807, 2.05) is 73.9 Å². The molecule has 3 amide bonds. The molecule has 0 bridgehead atoms. The average molecular weight is 924 g/mol. The van der Waals surface area contributed by atoms with E-state index in [1.54, 1.807) is 28.3 Å². The van der Waals surface area contributed by atoms with Crippen LogP contribution in [0.5, 0.6) is 11.5 Å². The predicted octanol–water partition coefficient (Wildman–Crippen LogP) is 4.98. The molecule has 10 heterocycles. The van der Waals surface area contributed by atoms with Crippen LogP contribution in [0.1, 0.15) is 33.6 Å². The van der Waals surface area contributed by atoms with E-state index in [4.69, 9.17) is 42.6 Å². The molecule has 4 aliphatic rings. The van der Waals surface area contributed by atoms with Crippen molar-refractivity contribution in [3.63, 3.8) is 0 Å². The summed E-state index contributed by atoms with van der Waals surface area (Å²) in [6.07, 6.45) is 11.4. The third kappa shape index (κ3) is 9.77. The lowest BCUT2D eigenvalue weighted by atomic mass is 10.0. The number of carbonyl (C=O) groups is 3. The van der Waals surface area contributed by atoms with Crippen molar-refractivity contribution >= 4 is 63.3 Å². The highest BCUT2D eigenvalue weighted by molar-refractivity contribution is 6.34. The Morgan fingerprint density at radius 1 is 0.677 bits per heavy atom. The van der Waals surface area contributed by atoms with Gasteiger partial charge in [-0.1, -0.05) is 23.2 Å². The zero-order valence-corrected chi connectivity index (χ0v) is 38.1. The maximum atomic E-state index is 11.6. The Kier molecular flexibility index (Phi) is 13.0. The van der Waals surface area contributed by atoms with Gasteiger partial charge in [0.1, 0.15) is 34.7 Å². The molecule has 17 nitrogen and oxygen atoms in total. The molecule has 0 saturated carbocycles. The number of aromatic nitrogens is 6. The molecular weight excluding hydrogens is 871 g/mol. The Morgan fingerprint density at radius 3 is 1.54 bits per heavy atom. The summed E-state index contributed by atoms with van der Waals surface area (Å²) >= 11 is 12.8. The lowest BCUT2D eigenvalue weighted by molar-refractivity contribution is -0.129. The standard InChI is InChI=1S/C24H27ClN6O3.C22H25ClN6O2/c1-15(17-10-23(33)27-11-17)34-22-9-18(14-31-24(22)20(25)13-28-31)21-4-3-19(12-26-21)30-7-5-29(6-8-30)16(2)32;1-14(15-9-21(30)26-10-15)31-20-8-16(13-29-22(20)18(23)12-27-29)19-3-2-17(11-25-19)28-6-4-24-5-7-28/h3-4,9,12-15,17H,5-8,10-11H2,1-2H3,(H,27,33);2-3,8,11-15,24H,4-7,9-10H2,1H3,(H,26,30)/t15-,17-;14-,15-/m11/s1. The Hall–Kier alpha value is -6.17. The molecule has 4 fully saturated rings. The first kappa shape index (κ1) is 44.1. The van der Waals surface area contributed by atoms with Crippen LogP contribution < -0.4 is 35.2 Å². The SMILES string of the molecule is CC(=O)N1CCN(c2ccc(-c3cc(O[C@H](C)[C@H]4CNC(=O)C4)c4c(Cl)cnn4c3)nc2)CC1.C[C@@H](Oc1cc(-c2ccc(N3CCNCC3)cn2)cn2ncc(Cl)c12)[C@H]1CNC(=O)C1. The van der Waals surface area contributed by atoms with Crippen LogP contribution in [0.3, 0.4) is 0 Å². The van der Waals surface area contributed by atoms with Gasteiger partial charge < -0.3 is 40.1 Å². The Morgan fingerprint density at radius 2 is 1.14 bits per heavy atom. The molecule has 0 aromatic carbocycles. The van der Waals surface area contributed by atoms with E-state index in [0.29, 0.717) is 58.5 Å². The van der Waals surface area contributed by atoms with Crippen LogP contribution in [0, 0.1) is 11.8 Å². The fraction of sp³-hybridized carbons (Fsp3) is 0.413. The zero-order valence-electron chi connectivity index (χ0n) is 36.5. The predicted molar refractivity (Wildman–Crippen MR) is 249 cm³/mol. The highest BCUT2D eigenvalue weighted by atomic mass is 35.5. The number of anilines is 2. The van der Waals surface area contributed by atoms with Gasteiger partial charge in [-0.15, -0.1) is 0 Å². The van der Waals surface area contributed by atoms with Crippen molar-refractivity contribution < 1.29 is 23.9 Å². The summed E-state index contributed by atoms with van der Waals surface area (Å²) in [7, 11) is 0. The maximum Gasteiger partial charge on any atom is 0.220 e. The van der Waals surface area contributed by atoms with E-state index >= 15 is 0 Å². The third-order valence-electron chi connectivity index (χ3n) is 12.7. The molecule has 19 heteroatoms. The van der Waals surface area contributed by atoms with Crippen molar-refractivity contribution in [2.24, 2.45) is 11.8 Å². The van der Waals surface area contributed by atoms with Gasteiger partial charge in [-0.3, -0.25) is 24.4 Å². The molecule has 6 aromatic rings. The second kappa shape index (κ2) is 19.1. The molecule has 340 valence electrons. The number of carbonyl (C=O) groups excluding carboxylic acids is 3. The summed E-state index contributed by atoms with van der Waals surface area (Å²) in [6.45, 7) is 13.7. The van der Waals surface area contributed by atoms with Crippen molar-refractivity contribution in [2.75, 3.05) is 75.2 Å². The first-order valence-electron chi connectivity index (χ1n) is 22.1. The first-order chi connectivity index (χ1) is 31.5.